The molecule has 0 heterocycles. The second-order valence-corrected chi connectivity index (χ2v) is 14.0. The lowest BCUT2D eigenvalue weighted by atomic mass is 9.87. The quantitative estimate of drug-likeness (QED) is 0.0887. The number of amides is 6. The summed E-state index contributed by atoms with van der Waals surface area (Å²) in [5.41, 5.74) is 10.5. The normalized spacial score (nSPS) is 13.9. The molecule has 0 spiro atoms. The van der Waals surface area contributed by atoms with E-state index in [4.69, 9.17) is 11.5 Å². The molecule has 304 valence electrons. The molecule has 0 saturated heterocycles. The van der Waals surface area contributed by atoms with Crippen molar-refractivity contribution >= 4 is 35.4 Å². The van der Waals surface area contributed by atoms with Crippen molar-refractivity contribution in [1.82, 2.24) is 25.8 Å². The molecule has 13 nitrogen and oxygen atoms in total. The van der Waals surface area contributed by atoms with Crippen molar-refractivity contribution in [2.45, 2.75) is 102 Å². The zero-order valence-corrected chi connectivity index (χ0v) is 32.0. The van der Waals surface area contributed by atoms with Crippen molar-refractivity contribution in [2.24, 2.45) is 11.5 Å². The van der Waals surface area contributed by atoms with E-state index < -0.39 is 95.2 Å². The van der Waals surface area contributed by atoms with E-state index in [1.807, 2.05) is 6.92 Å². The van der Waals surface area contributed by atoms with Crippen LogP contribution in [0.4, 0.5) is 17.6 Å². The predicted octanol–water partition coefficient (Wildman–Crippen LogP) is 2.37. The van der Waals surface area contributed by atoms with Gasteiger partial charge in [0.2, 0.25) is 29.5 Å². The topological polar surface area (TPSA) is 197 Å². The summed E-state index contributed by atoms with van der Waals surface area (Å²) >= 11 is 0. The maximum absolute atomic E-state index is 13.6. The van der Waals surface area contributed by atoms with Gasteiger partial charge < -0.3 is 32.3 Å². The van der Waals surface area contributed by atoms with Gasteiger partial charge >= 0.3 is 0 Å². The maximum atomic E-state index is 13.6. The molecule has 0 aliphatic rings. The van der Waals surface area contributed by atoms with Crippen LogP contribution < -0.4 is 27.4 Å². The van der Waals surface area contributed by atoms with Gasteiger partial charge in [-0.25, -0.2) is 17.6 Å². The van der Waals surface area contributed by atoms with Crippen LogP contribution in [0.25, 0.3) is 0 Å². The molecule has 0 aliphatic heterocycles. The molecule has 6 amide bonds. The van der Waals surface area contributed by atoms with Crippen LogP contribution in [-0.2, 0) is 41.6 Å². The fourth-order valence-corrected chi connectivity index (χ4v) is 5.83. The van der Waals surface area contributed by atoms with Gasteiger partial charge in [-0.05, 0) is 95.4 Å². The number of nitrogens with zero attached hydrogens (tertiary/aromatic N) is 2. The van der Waals surface area contributed by atoms with Crippen LogP contribution in [0.15, 0.2) is 36.4 Å². The van der Waals surface area contributed by atoms with E-state index in [0.717, 1.165) is 35.6 Å². The van der Waals surface area contributed by atoms with Gasteiger partial charge in [-0.15, -0.1) is 0 Å². The summed E-state index contributed by atoms with van der Waals surface area (Å²) in [6, 6.07) is 1.83. The largest absolute Gasteiger partial charge is 0.368 e. The minimum Gasteiger partial charge on any atom is -0.368 e. The average Bonchev–Trinajstić information content (AvgIpc) is 3.07. The molecule has 0 saturated carbocycles. The molecule has 2 rings (SSSR count). The van der Waals surface area contributed by atoms with Gasteiger partial charge in [-0.3, -0.25) is 33.7 Å². The molecule has 2 aromatic carbocycles. The number of carbonyl (C=O) groups is 6. The number of unbranched alkanes of at least 4 members (excludes halogenated alkanes) is 2. The number of hydrogen-bond acceptors (Lipinski definition) is 8. The van der Waals surface area contributed by atoms with E-state index in [1.54, 1.807) is 19.0 Å². The lowest BCUT2D eigenvalue weighted by Crippen LogP contribution is -2.61. The Labute approximate surface area is 318 Å². The standard InChI is InChI=1S/C38H53F4N7O6/c1-6-7-10-31(43)36(54)49(35(53)24(3)46-33(51)20-26-17-29(41)22-30(42)18-26)13-9-8-11-38(37(44)55,12-14-48(4)5)47-34(52)23(2)45-32(50)19-25-15-27(39)21-28(40)16-25/h15-18,21-24,31H,6-14,19-20,43H2,1-5H3,(H2,44,55)(H,45,50)(H,46,51)(H,47,52)/t23-,24-,31-,38-/m0/s1. The summed E-state index contributed by atoms with van der Waals surface area (Å²) in [6.07, 6.45) is 1.12. The first kappa shape index (κ1) is 46.3. The number of rotatable bonds is 22. The van der Waals surface area contributed by atoms with E-state index in [2.05, 4.69) is 16.0 Å². The minimum absolute atomic E-state index is 0.0280. The third-order valence-electron chi connectivity index (χ3n) is 8.87. The van der Waals surface area contributed by atoms with Gasteiger partial charge in [0.15, 0.2) is 0 Å². The number of nitrogens with two attached hydrogens (primary N) is 2. The zero-order valence-electron chi connectivity index (χ0n) is 32.0. The molecule has 0 aliphatic carbocycles. The van der Waals surface area contributed by atoms with Gasteiger partial charge in [-0.2, -0.15) is 0 Å². The van der Waals surface area contributed by atoms with Crippen molar-refractivity contribution in [2.75, 3.05) is 27.2 Å². The number of benzene rings is 2. The van der Waals surface area contributed by atoms with Crippen molar-refractivity contribution < 1.29 is 46.3 Å². The van der Waals surface area contributed by atoms with Crippen LogP contribution in [0.3, 0.4) is 0 Å². The minimum atomic E-state index is -1.62. The van der Waals surface area contributed by atoms with Crippen molar-refractivity contribution in [3.05, 3.63) is 70.8 Å². The summed E-state index contributed by atoms with van der Waals surface area (Å²) in [7, 11) is 3.50. The molecular weight excluding hydrogens is 726 g/mol. The Morgan fingerprint density at radius 1 is 0.709 bits per heavy atom. The number of halogens is 4. The molecule has 0 fully saturated rings. The highest BCUT2D eigenvalue weighted by Gasteiger charge is 2.39. The number of hydrogen-bond donors (Lipinski definition) is 5. The fraction of sp³-hybridized carbons (Fsp3) is 0.526. The van der Waals surface area contributed by atoms with Crippen molar-refractivity contribution in [1.29, 1.82) is 0 Å². The highest BCUT2D eigenvalue weighted by atomic mass is 19.1. The van der Waals surface area contributed by atoms with Gasteiger partial charge in [-0.1, -0.05) is 19.8 Å². The summed E-state index contributed by atoms with van der Waals surface area (Å²) in [4.78, 5) is 81.4. The summed E-state index contributed by atoms with van der Waals surface area (Å²) in [5, 5.41) is 7.59. The van der Waals surface area contributed by atoms with Gasteiger partial charge in [0, 0.05) is 25.2 Å². The first-order valence-electron chi connectivity index (χ1n) is 18.1. The van der Waals surface area contributed by atoms with Crippen LogP contribution in [0, 0.1) is 23.3 Å². The Balaban J connectivity index is 2.19. The van der Waals surface area contributed by atoms with Gasteiger partial charge in [0.05, 0.1) is 18.9 Å². The van der Waals surface area contributed by atoms with E-state index in [9.17, 15) is 46.3 Å². The fourth-order valence-electron chi connectivity index (χ4n) is 5.83. The molecule has 0 radical (unpaired) electrons. The van der Waals surface area contributed by atoms with Crippen molar-refractivity contribution in [3.63, 3.8) is 0 Å². The van der Waals surface area contributed by atoms with Crippen LogP contribution in [0.5, 0.6) is 0 Å². The summed E-state index contributed by atoms with van der Waals surface area (Å²) in [5.74, 6) is -7.97. The van der Waals surface area contributed by atoms with Crippen LogP contribution >= 0.6 is 0 Å². The van der Waals surface area contributed by atoms with E-state index in [0.29, 0.717) is 31.5 Å². The van der Waals surface area contributed by atoms with E-state index >= 15 is 0 Å². The number of carbonyl (C=O) groups excluding carboxylic acids is 6. The van der Waals surface area contributed by atoms with Crippen LogP contribution in [-0.4, -0.2) is 96.1 Å². The molecule has 0 unspecified atom stereocenters. The molecule has 0 bridgehead atoms. The molecule has 17 heteroatoms. The SMILES string of the molecule is CCCC[C@H](N)C(=O)N(CCCC[C@@](CCN(C)C)(NC(=O)[C@H](C)NC(=O)Cc1cc(F)cc(F)c1)C(N)=O)C(=O)[C@H](C)NC(=O)Cc1cc(F)cc(F)c1. The first-order chi connectivity index (χ1) is 25.8. The third-order valence-corrected chi connectivity index (χ3v) is 8.87. The van der Waals surface area contributed by atoms with Gasteiger partial charge in [0.25, 0.3) is 5.91 Å². The van der Waals surface area contributed by atoms with Crippen LogP contribution in [0.1, 0.15) is 76.8 Å². The summed E-state index contributed by atoms with van der Waals surface area (Å²) < 4.78 is 54.5. The second-order valence-electron chi connectivity index (χ2n) is 14.0. The Morgan fingerprint density at radius 3 is 1.65 bits per heavy atom. The zero-order chi connectivity index (χ0) is 41.5. The lowest BCUT2D eigenvalue weighted by molar-refractivity contribution is -0.148. The Morgan fingerprint density at radius 2 is 1.20 bits per heavy atom. The van der Waals surface area contributed by atoms with Crippen LogP contribution in [0.2, 0.25) is 0 Å². The first-order valence-corrected chi connectivity index (χ1v) is 18.1. The average molecular weight is 780 g/mol. The van der Waals surface area contributed by atoms with E-state index in [-0.39, 0.29) is 43.4 Å². The number of primary amides is 1. The lowest BCUT2D eigenvalue weighted by Gasteiger charge is -2.34. The Kier molecular flexibility index (Phi) is 18.4. The maximum Gasteiger partial charge on any atom is 0.251 e. The highest BCUT2D eigenvalue weighted by Crippen LogP contribution is 2.21. The van der Waals surface area contributed by atoms with Gasteiger partial charge in [0.1, 0.15) is 40.9 Å². The highest BCUT2D eigenvalue weighted by molar-refractivity contribution is 6.01. The molecule has 55 heavy (non-hydrogen) atoms. The molecule has 0 aromatic heterocycles. The third kappa shape index (κ3) is 15.4. The Hall–Kier alpha value is -4.90. The second kappa shape index (κ2) is 21.9. The molecule has 7 N–H and O–H groups in total. The smallest absolute Gasteiger partial charge is 0.251 e. The Bertz CT molecular complexity index is 1640. The molecular formula is C38H53F4N7O6. The number of nitrogens with one attached hydrogen (secondary N) is 3. The van der Waals surface area contributed by atoms with Crippen molar-refractivity contribution in [3.8, 4) is 0 Å². The summed E-state index contributed by atoms with van der Waals surface area (Å²) in [6.45, 7) is 4.77. The van der Waals surface area contributed by atoms with E-state index in [1.165, 1.54) is 13.8 Å². The monoisotopic (exact) mass is 779 g/mol. The number of imide groups is 1. The predicted molar refractivity (Wildman–Crippen MR) is 197 cm³/mol. The molecule has 4 atom stereocenters. The molecule has 2 aromatic rings.